The second kappa shape index (κ2) is 4.65. The molecule has 0 fully saturated rings. The van der Waals surface area contributed by atoms with E-state index in [0.717, 1.165) is 11.4 Å². The molecule has 0 aromatic heterocycles. The van der Waals surface area contributed by atoms with Crippen molar-refractivity contribution in [3.8, 4) is 5.75 Å². The Hall–Kier alpha value is -1.51. The summed E-state index contributed by atoms with van der Waals surface area (Å²) in [7, 11) is 3.51. The lowest BCUT2D eigenvalue weighted by atomic mass is 10.2. The minimum Gasteiger partial charge on any atom is -0.497 e. The van der Waals surface area contributed by atoms with E-state index < -0.39 is 0 Å². The molecule has 1 aromatic carbocycles. The summed E-state index contributed by atoms with van der Waals surface area (Å²) in [6.45, 7) is 2.00. The van der Waals surface area contributed by atoms with Crippen LogP contribution in [0.25, 0.3) is 0 Å². The summed E-state index contributed by atoms with van der Waals surface area (Å²) < 4.78 is 5.10. The maximum atomic E-state index is 10.9. The smallest absolute Gasteiger partial charge is 0.149 e. The molecule has 1 aromatic rings. The molecule has 0 bridgehead atoms. The topological polar surface area (TPSA) is 29.5 Å². The van der Waals surface area contributed by atoms with Crippen LogP contribution in [-0.4, -0.2) is 26.5 Å². The molecule has 0 saturated carbocycles. The Labute approximate surface area is 84.3 Å². The van der Waals surface area contributed by atoms with Gasteiger partial charge in [-0.05, 0) is 19.1 Å². The van der Waals surface area contributed by atoms with Crippen LogP contribution >= 0.6 is 0 Å². The molecule has 0 amide bonds. The Balaban J connectivity index is 2.78. The minimum atomic E-state index is 0.148. The maximum absolute atomic E-state index is 10.9. The Morgan fingerprint density at radius 3 is 2.79 bits per heavy atom. The number of methoxy groups -OCH3 is 1. The summed E-state index contributed by atoms with van der Waals surface area (Å²) in [6, 6.07) is 7.64. The largest absolute Gasteiger partial charge is 0.497 e. The first-order valence-electron chi connectivity index (χ1n) is 4.48. The van der Waals surface area contributed by atoms with Crippen LogP contribution in [-0.2, 0) is 4.79 Å². The van der Waals surface area contributed by atoms with E-state index in [0.29, 0.717) is 6.54 Å². The number of hydrogen-bond donors (Lipinski definition) is 0. The molecule has 0 N–H and O–H groups in total. The van der Waals surface area contributed by atoms with Crippen LogP contribution in [0.4, 0.5) is 5.69 Å². The first-order valence-corrected chi connectivity index (χ1v) is 4.48. The van der Waals surface area contributed by atoms with Crippen molar-refractivity contribution in [2.75, 3.05) is 25.6 Å². The molecule has 0 spiro atoms. The Morgan fingerprint density at radius 2 is 2.21 bits per heavy atom. The molecule has 0 saturated heterocycles. The number of anilines is 1. The molecule has 0 aliphatic heterocycles. The van der Waals surface area contributed by atoms with Crippen molar-refractivity contribution in [1.29, 1.82) is 0 Å². The molecular formula is C11H15NO2. The van der Waals surface area contributed by atoms with Crippen molar-refractivity contribution >= 4 is 11.5 Å². The number of likely N-dealkylation sites (N-methyl/N-ethyl adjacent to an activating group) is 1. The highest BCUT2D eigenvalue weighted by Crippen LogP contribution is 2.19. The van der Waals surface area contributed by atoms with Gasteiger partial charge in [-0.2, -0.15) is 0 Å². The van der Waals surface area contributed by atoms with Crippen LogP contribution in [0.2, 0.25) is 0 Å². The Bertz CT molecular complexity index is 323. The molecule has 3 nitrogen and oxygen atoms in total. The number of ether oxygens (including phenoxy) is 1. The molecule has 0 unspecified atom stereocenters. The van der Waals surface area contributed by atoms with Gasteiger partial charge in [-0.1, -0.05) is 6.07 Å². The number of Topliss-reactive ketones (excluding diaryl/α,β-unsaturated/α-hetero) is 1. The number of nitrogens with zero attached hydrogens (tertiary/aromatic N) is 1. The number of benzene rings is 1. The van der Waals surface area contributed by atoms with Gasteiger partial charge >= 0.3 is 0 Å². The first-order chi connectivity index (χ1) is 6.63. The number of carbonyl (C=O) groups excluding carboxylic acids is 1. The summed E-state index contributed by atoms with van der Waals surface area (Å²) in [4.78, 5) is 12.8. The fourth-order valence-corrected chi connectivity index (χ4v) is 1.27. The highest BCUT2D eigenvalue weighted by atomic mass is 16.5. The molecular weight excluding hydrogens is 178 g/mol. The average Bonchev–Trinajstić information content (AvgIpc) is 2.17. The summed E-state index contributed by atoms with van der Waals surface area (Å²) in [6.07, 6.45) is 0. The van der Waals surface area contributed by atoms with Gasteiger partial charge in [0.25, 0.3) is 0 Å². The predicted molar refractivity (Wildman–Crippen MR) is 56.9 cm³/mol. The summed E-state index contributed by atoms with van der Waals surface area (Å²) in [5, 5.41) is 0. The van der Waals surface area contributed by atoms with Gasteiger partial charge < -0.3 is 9.64 Å². The fourth-order valence-electron chi connectivity index (χ4n) is 1.27. The van der Waals surface area contributed by atoms with Crippen LogP contribution in [0.5, 0.6) is 5.75 Å². The number of ketones is 1. The quantitative estimate of drug-likeness (QED) is 0.729. The van der Waals surface area contributed by atoms with Gasteiger partial charge in [0.2, 0.25) is 0 Å². The summed E-state index contributed by atoms with van der Waals surface area (Å²) in [5.41, 5.74) is 0.986. The second-order valence-electron chi connectivity index (χ2n) is 3.26. The molecule has 1 rings (SSSR count). The third-order valence-electron chi connectivity index (χ3n) is 1.95. The fraction of sp³-hybridized carbons (Fsp3) is 0.364. The standard InChI is InChI=1S/C11H15NO2/c1-9(13)8-12(2)10-5-4-6-11(7-10)14-3/h4-7H,8H2,1-3H3. The van der Waals surface area contributed by atoms with Gasteiger partial charge in [0.05, 0.1) is 13.7 Å². The van der Waals surface area contributed by atoms with Crippen LogP contribution in [0.15, 0.2) is 24.3 Å². The lowest BCUT2D eigenvalue weighted by molar-refractivity contribution is -0.115. The van der Waals surface area contributed by atoms with Gasteiger partial charge in [-0.25, -0.2) is 0 Å². The van der Waals surface area contributed by atoms with E-state index >= 15 is 0 Å². The first kappa shape index (κ1) is 10.6. The third-order valence-corrected chi connectivity index (χ3v) is 1.95. The molecule has 76 valence electrons. The number of hydrogen-bond acceptors (Lipinski definition) is 3. The normalized spacial score (nSPS) is 9.64. The Morgan fingerprint density at radius 1 is 1.50 bits per heavy atom. The zero-order chi connectivity index (χ0) is 10.6. The van der Waals surface area contributed by atoms with Gasteiger partial charge in [-0.3, -0.25) is 4.79 Å². The maximum Gasteiger partial charge on any atom is 0.149 e. The predicted octanol–water partition coefficient (Wildman–Crippen LogP) is 1.72. The van der Waals surface area contributed by atoms with E-state index in [1.165, 1.54) is 0 Å². The minimum absolute atomic E-state index is 0.148. The monoisotopic (exact) mass is 193 g/mol. The van der Waals surface area contributed by atoms with Crippen molar-refractivity contribution in [2.24, 2.45) is 0 Å². The lowest BCUT2D eigenvalue weighted by Crippen LogP contribution is -2.23. The van der Waals surface area contributed by atoms with E-state index in [4.69, 9.17) is 4.74 Å². The van der Waals surface area contributed by atoms with E-state index in [9.17, 15) is 4.79 Å². The number of rotatable bonds is 4. The van der Waals surface area contributed by atoms with Crippen LogP contribution in [0.3, 0.4) is 0 Å². The van der Waals surface area contributed by atoms with Gasteiger partial charge in [-0.15, -0.1) is 0 Å². The molecule has 3 heteroatoms. The second-order valence-corrected chi connectivity index (χ2v) is 3.26. The van der Waals surface area contributed by atoms with E-state index in [2.05, 4.69) is 0 Å². The highest BCUT2D eigenvalue weighted by Gasteiger charge is 2.03. The van der Waals surface area contributed by atoms with Crippen molar-refractivity contribution in [3.05, 3.63) is 24.3 Å². The van der Waals surface area contributed by atoms with Crippen molar-refractivity contribution in [2.45, 2.75) is 6.92 Å². The van der Waals surface area contributed by atoms with E-state index in [1.54, 1.807) is 14.0 Å². The summed E-state index contributed by atoms with van der Waals surface area (Å²) in [5.74, 6) is 0.952. The SMILES string of the molecule is COc1cccc(N(C)CC(C)=O)c1. The van der Waals surface area contributed by atoms with Crippen LogP contribution in [0.1, 0.15) is 6.92 Å². The van der Waals surface area contributed by atoms with Crippen molar-refractivity contribution in [3.63, 3.8) is 0 Å². The molecule has 14 heavy (non-hydrogen) atoms. The number of carbonyl (C=O) groups is 1. The van der Waals surface area contributed by atoms with Crippen molar-refractivity contribution < 1.29 is 9.53 Å². The van der Waals surface area contributed by atoms with Crippen LogP contribution in [0, 0.1) is 0 Å². The zero-order valence-electron chi connectivity index (χ0n) is 8.78. The molecule has 0 atom stereocenters. The van der Waals surface area contributed by atoms with Gasteiger partial charge in [0.15, 0.2) is 0 Å². The van der Waals surface area contributed by atoms with Gasteiger partial charge in [0, 0.05) is 18.8 Å². The van der Waals surface area contributed by atoms with E-state index in [-0.39, 0.29) is 5.78 Å². The lowest BCUT2D eigenvalue weighted by Gasteiger charge is -2.17. The summed E-state index contributed by atoms with van der Waals surface area (Å²) >= 11 is 0. The van der Waals surface area contributed by atoms with Gasteiger partial charge in [0.1, 0.15) is 11.5 Å². The molecule has 0 heterocycles. The molecule has 0 aliphatic carbocycles. The van der Waals surface area contributed by atoms with E-state index in [1.807, 2.05) is 36.2 Å². The molecule has 0 radical (unpaired) electrons. The highest BCUT2D eigenvalue weighted by molar-refractivity contribution is 5.80. The zero-order valence-corrected chi connectivity index (χ0v) is 8.78. The third kappa shape index (κ3) is 2.76. The average molecular weight is 193 g/mol. The van der Waals surface area contributed by atoms with Crippen LogP contribution < -0.4 is 9.64 Å². The molecule has 0 aliphatic rings. The van der Waals surface area contributed by atoms with Crippen molar-refractivity contribution in [1.82, 2.24) is 0 Å². The Kier molecular flexibility index (Phi) is 3.51.